The third-order valence-corrected chi connectivity index (χ3v) is 8.87. The summed E-state index contributed by atoms with van der Waals surface area (Å²) in [5.74, 6) is -0.0114. The molecule has 0 radical (unpaired) electrons. The number of benzene rings is 6. The number of amidine groups is 2. The van der Waals surface area contributed by atoms with Gasteiger partial charge in [-0.25, -0.2) is 4.39 Å². The minimum absolute atomic E-state index is 0.0202. The van der Waals surface area contributed by atoms with Crippen LogP contribution >= 0.6 is 34.8 Å². The van der Waals surface area contributed by atoms with Gasteiger partial charge in [-0.2, -0.15) is 0 Å². The Labute approximate surface area is 324 Å². The number of methoxy groups -OCH3 is 2. The Kier molecular flexibility index (Phi) is 12.4. The average Bonchev–Trinajstić information content (AvgIpc) is 3.17. The van der Waals surface area contributed by atoms with Gasteiger partial charge in [0.25, 0.3) is 0 Å². The van der Waals surface area contributed by atoms with Crippen molar-refractivity contribution in [2.24, 2.45) is 21.8 Å². The number of ether oxygens (including phenoxy) is 2. The molecule has 0 saturated carbocycles. The molecule has 0 unspecified atom stereocenters. The van der Waals surface area contributed by atoms with E-state index in [2.05, 4.69) is 10.3 Å². The van der Waals surface area contributed by atoms with E-state index in [4.69, 9.17) is 55.7 Å². The lowest BCUT2D eigenvalue weighted by Gasteiger charge is -2.18. The highest BCUT2D eigenvalue weighted by Gasteiger charge is 2.23. The van der Waals surface area contributed by atoms with E-state index in [0.717, 1.165) is 5.56 Å². The quantitative estimate of drug-likeness (QED) is 0.0382. The summed E-state index contributed by atoms with van der Waals surface area (Å²) in [4.78, 5) is 0. The van der Waals surface area contributed by atoms with Crippen LogP contribution in [0.3, 0.4) is 0 Å². The molecule has 0 atom stereocenters. The molecule has 8 N–H and O–H groups in total. The molecule has 0 aliphatic carbocycles. The lowest BCUT2D eigenvalue weighted by atomic mass is 9.89. The molecule has 14 heteroatoms. The fourth-order valence-corrected chi connectivity index (χ4v) is 6.44. The predicted molar refractivity (Wildman–Crippen MR) is 211 cm³/mol. The predicted octanol–water partition coefficient (Wildman–Crippen LogP) is 9.76. The first kappa shape index (κ1) is 39.1. The van der Waals surface area contributed by atoms with Gasteiger partial charge in [0.15, 0.2) is 23.2 Å². The Morgan fingerprint density at radius 2 is 1.04 bits per heavy atom. The number of nitrogens with zero attached hydrogens (tertiary/aromatic N) is 2. The molecule has 0 spiro atoms. The van der Waals surface area contributed by atoms with E-state index in [0.29, 0.717) is 70.9 Å². The summed E-state index contributed by atoms with van der Waals surface area (Å²) in [5.41, 5.74) is 17.5. The summed E-state index contributed by atoms with van der Waals surface area (Å²) < 4.78 is 25.1. The molecular weight excluding hydrogens is 758 g/mol. The van der Waals surface area contributed by atoms with Gasteiger partial charge in [0.2, 0.25) is 0 Å². The van der Waals surface area contributed by atoms with Crippen molar-refractivity contribution in [3.63, 3.8) is 0 Å². The highest BCUT2D eigenvalue weighted by atomic mass is 35.5. The summed E-state index contributed by atoms with van der Waals surface area (Å²) in [7, 11) is 2.91. The largest absolute Gasteiger partial charge is 0.508 e. The molecule has 0 aliphatic rings. The van der Waals surface area contributed by atoms with Crippen molar-refractivity contribution in [3.8, 4) is 67.5 Å². The zero-order valence-electron chi connectivity index (χ0n) is 28.6. The van der Waals surface area contributed by atoms with Crippen molar-refractivity contribution in [2.45, 2.75) is 0 Å². The van der Waals surface area contributed by atoms with E-state index in [1.807, 2.05) is 0 Å². The van der Waals surface area contributed by atoms with Gasteiger partial charge in [-0.15, -0.1) is 0 Å². The van der Waals surface area contributed by atoms with Gasteiger partial charge < -0.3 is 41.6 Å². The Hall–Kier alpha value is -6.14. The fraction of sp³-hybridized carbons (Fsp3) is 0.0500. The van der Waals surface area contributed by atoms with E-state index >= 15 is 0 Å². The van der Waals surface area contributed by atoms with Crippen LogP contribution < -0.4 is 20.9 Å². The van der Waals surface area contributed by atoms with Gasteiger partial charge in [-0.05, 0) is 95.1 Å². The van der Waals surface area contributed by atoms with E-state index in [-0.39, 0.29) is 28.9 Å². The molecule has 6 rings (SSSR count). The molecule has 54 heavy (non-hydrogen) atoms. The van der Waals surface area contributed by atoms with Crippen LogP contribution in [0.4, 0.5) is 4.39 Å². The van der Waals surface area contributed by atoms with Crippen LogP contribution in [0.15, 0.2) is 120 Å². The molecule has 6 aromatic rings. The second-order valence-electron chi connectivity index (χ2n) is 11.5. The number of phenols is 2. The third kappa shape index (κ3) is 8.39. The number of nitrogens with two attached hydrogens (primary N) is 2. The number of hydrogen-bond donors (Lipinski definition) is 6. The smallest absolute Gasteiger partial charge is 0.170 e. The normalized spacial score (nSPS) is 11.4. The van der Waals surface area contributed by atoms with Crippen molar-refractivity contribution in [1.29, 1.82) is 0 Å². The Morgan fingerprint density at radius 3 is 1.48 bits per heavy atom. The van der Waals surface area contributed by atoms with Crippen LogP contribution in [-0.2, 0) is 0 Å². The van der Waals surface area contributed by atoms with E-state index in [1.54, 1.807) is 92.0 Å². The maximum atomic E-state index is 14.3. The standard InChI is InChI=1S/C20H16Cl2N2O3.C20H16ClFN2O3/c1-27-18-7-4-12(21)8-16(18)19-15(11-2-5-14(25)6-3-11)9-13(22)10-17(19)20(23)24-26;1-27-19-14(3-2-4-17(19)22)18-15(11-5-7-13(25)8-6-11)9-12(21)10-16(18)20(23)24-26/h2*2-10,25-26H,1H3,(H2,23,24). The molecule has 10 nitrogen and oxygen atoms in total. The van der Waals surface area contributed by atoms with E-state index in [1.165, 1.54) is 31.4 Å². The molecular formula is C40H32Cl3FN4O6. The van der Waals surface area contributed by atoms with E-state index < -0.39 is 5.82 Å². The second kappa shape index (κ2) is 17.1. The second-order valence-corrected chi connectivity index (χ2v) is 12.8. The molecule has 0 amide bonds. The number of aromatic hydroxyl groups is 2. The van der Waals surface area contributed by atoms with E-state index in [9.17, 15) is 25.0 Å². The number of oxime groups is 2. The highest BCUT2D eigenvalue weighted by molar-refractivity contribution is 6.33. The third-order valence-electron chi connectivity index (χ3n) is 8.20. The topological polar surface area (TPSA) is 176 Å². The molecule has 6 aromatic carbocycles. The van der Waals surface area contributed by atoms with Gasteiger partial charge in [-0.1, -0.05) is 81.5 Å². The number of para-hydroxylation sites is 1. The number of phenolic OH excluding ortho intramolecular Hbond substituents is 2. The number of hydrogen-bond acceptors (Lipinski definition) is 8. The average molecular weight is 790 g/mol. The van der Waals surface area contributed by atoms with Crippen LogP contribution in [0.5, 0.6) is 23.0 Å². The maximum absolute atomic E-state index is 14.3. The Bertz CT molecular complexity index is 2260. The summed E-state index contributed by atoms with van der Waals surface area (Å²) in [5, 5.41) is 45.1. The summed E-state index contributed by atoms with van der Waals surface area (Å²) in [6.07, 6.45) is 0. The van der Waals surface area contributed by atoms with Crippen molar-refractivity contribution < 1.29 is 34.5 Å². The van der Waals surface area contributed by atoms with Crippen molar-refractivity contribution in [3.05, 3.63) is 141 Å². The number of rotatable bonds is 8. The molecule has 0 aromatic heterocycles. The Morgan fingerprint density at radius 1 is 0.574 bits per heavy atom. The van der Waals surface area contributed by atoms with Crippen LogP contribution in [0.2, 0.25) is 15.1 Å². The lowest BCUT2D eigenvalue weighted by Crippen LogP contribution is -2.15. The first-order chi connectivity index (χ1) is 25.9. The van der Waals surface area contributed by atoms with Gasteiger partial charge in [0.1, 0.15) is 17.2 Å². The van der Waals surface area contributed by atoms with Gasteiger partial charge in [0.05, 0.1) is 14.2 Å². The molecule has 276 valence electrons. The van der Waals surface area contributed by atoms with Gasteiger partial charge in [-0.3, -0.25) is 0 Å². The zero-order chi connectivity index (χ0) is 39.1. The summed E-state index contributed by atoms with van der Waals surface area (Å²) in [6.45, 7) is 0. The van der Waals surface area contributed by atoms with Crippen molar-refractivity contribution >= 4 is 46.5 Å². The molecule has 0 heterocycles. The highest BCUT2D eigenvalue weighted by Crippen LogP contribution is 2.44. The van der Waals surface area contributed by atoms with Crippen molar-refractivity contribution in [2.75, 3.05) is 14.2 Å². The summed E-state index contributed by atoms with van der Waals surface area (Å²) in [6, 6.07) is 29.3. The van der Waals surface area contributed by atoms with Gasteiger partial charge in [0, 0.05) is 48.4 Å². The minimum Gasteiger partial charge on any atom is -0.508 e. The van der Waals surface area contributed by atoms with Gasteiger partial charge >= 0.3 is 0 Å². The van der Waals surface area contributed by atoms with Crippen molar-refractivity contribution in [1.82, 2.24) is 0 Å². The first-order valence-corrected chi connectivity index (χ1v) is 16.9. The van der Waals surface area contributed by atoms with Crippen LogP contribution in [0, 0.1) is 5.82 Å². The molecule has 0 saturated heterocycles. The lowest BCUT2D eigenvalue weighted by molar-refractivity contribution is 0.318. The monoisotopic (exact) mass is 788 g/mol. The zero-order valence-corrected chi connectivity index (χ0v) is 30.8. The van der Waals surface area contributed by atoms with Crippen LogP contribution in [-0.4, -0.2) is 46.5 Å². The maximum Gasteiger partial charge on any atom is 0.170 e. The van der Waals surface area contributed by atoms with Crippen LogP contribution in [0.25, 0.3) is 44.5 Å². The Balaban J connectivity index is 0.000000208. The molecule has 0 aliphatic heterocycles. The first-order valence-electron chi connectivity index (χ1n) is 15.8. The summed E-state index contributed by atoms with van der Waals surface area (Å²) >= 11 is 18.8. The molecule has 0 fully saturated rings. The minimum atomic E-state index is -0.549. The SMILES string of the molecule is COc1c(F)cccc1-c1c(C(N)=NO)cc(Cl)cc1-c1ccc(O)cc1.COc1ccc(Cl)cc1-c1c(C(N)=NO)cc(Cl)cc1-c1ccc(O)cc1. The number of halogens is 4. The molecule has 0 bridgehead atoms. The fourth-order valence-electron chi connectivity index (χ4n) is 5.83. The van der Waals surface area contributed by atoms with Crippen LogP contribution in [0.1, 0.15) is 11.1 Å².